The van der Waals surface area contributed by atoms with E-state index in [0.29, 0.717) is 31.5 Å². The summed E-state index contributed by atoms with van der Waals surface area (Å²) in [6.45, 7) is 7.13. The van der Waals surface area contributed by atoms with Crippen LogP contribution in [0.4, 0.5) is 4.79 Å². The van der Waals surface area contributed by atoms with E-state index in [0.717, 1.165) is 19.5 Å². The Hall–Kier alpha value is -1.30. The van der Waals surface area contributed by atoms with Gasteiger partial charge in [-0.1, -0.05) is 13.8 Å². The van der Waals surface area contributed by atoms with Crippen LogP contribution in [0.15, 0.2) is 0 Å². The van der Waals surface area contributed by atoms with E-state index in [9.17, 15) is 14.7 Å². The number of piperidine rings is 1. The van der Waals surface area contributed by atoms with Crippen LogP contribution in [-0.2, 0) is 4.79 Å². The second-order valence-corrected chi connectivity index (χ2v) is 6.27. The SMILES string of the molecule is CCN(CCNC(=O)N1CCC(C)CC1C(=O)O)C1CC1. The van der Waals surface area contributed by atoms with Gasteiger partial charge in [0, 0.05) is 25.7 Å². The number of rotatable bonds is 6. The summed E-state index contributed by atoms with van der Waals surface area (Å²) in [6.07, 6.45) is 3.94. The van der Waals surface area contributed by atoms with Crippen LogP contribution < -0.4 is 5.32 Å². The van der Waals surface area contributed by atoms with Gasteiger partial charge in [-0.3, -0.25) is 4.90 Å². The van der Waals surface area contributed by atoms with Crippen LogP contribution in [0.1, 0.15) is 39.5 Å². The zero-order chi connectivity index (χ0) is 15.4. The molecule has 120 valence electrons. The van der Waals surface area contributed by atoms with Gasteiger partial charge in [-0.2, -0.15) is 0 Å². The fourth-order valence-electron chi connectivity index (χ4n) is 3.07. The van der Waals surface area contributed by atoms with E-state index in [-0.39, 0.29) is 6.03 Å². The Morgan fingerprint density at radius 3 is 2.62 bits per heavy atom. The zero-order valence-electron chi connectivity index (χ0n) is 13.0. The minimum atomic E-state index is -0.898. The highest BCUT2D eigenvalue weighted by molar-refractivity contribution is 5.82. The number of urea groups is 1. The monoisotopic (exact) mass is 297 g/mol. The summed E-state index contributed by atoms with van der Waals surface area (Å²) in [4.78, 5) is 27.4. The molecule has 6 nitrogen and oxygen atoms in total. The molecule has 0 bridgehead atoms. The number of carbonyl (C=O) groups excluding carboxylic acids is 1. The third kappa shape index (κ3) is 4.33. The Kier molecular flexibility index (Phi) is 5.45. The lowest BCUT2D eigenvalue weighted by Crippen LogP contribution is -2.54. The number of amides is 2. The Morgan fingerprint density at radius 1 is 1.33 bits per heavy atom. The third-order valence-electron chi connectivity index (χ3n) is 4.56. The Labute approximate surface area is 126 Å². The summed E-state index contributed by atoms with van der Waals surface area (Å²) in [5.41, 5.74) is 0. The van der Waals surface area contributed by atoms with E-state index < -0.39 is 12.0 Å². The van der Waals surface area contributed by atoms with Gasteiger partial charge >= 0.3 is 12.0 Å². The normalized spacial score (nSPS) is 26.0. The van der Waals surface area contributed by atoms with Gasteiger partial charge in [0.2, 0.25) is 0 Å². The van der Waals surface area contributed by atoms with Gasteiger partial charge in [0.05, 0.1) is 0 Å². The van der Waals surface area contributed by atoms with Crippen LogP contribution in [0, 0.1) is 5.92 Å². The van der Waals surface area contributed by atoms with Crippen molar-refractivity contribution in [2.24, 2.45) is 5.92 Å². The first-order valence-electron chi connectivity index (χ1n) is 8.04. The standard InChI is InChI=1S/C15H27N3O3/c1-3-17(12-4-5-12)9-7-16-15(21)18-8-6-11(2)10-13(18)14(19)20/h11-13H,3-10H2,1-2H3,(H,16,21)(H,19,20). The van der Waals surface area contributed by atoms with Gasteiger partial charge in [-0.15, -0.1) is 0 Å². The second kappa shape index (κ2) is 7.11. The maximum absolute atomic E-state index is 12.2. The van der Waals surface area contributed by atoms with E-state index in [1.165, 1.54) is 17.7 Å². The molecule has 21 heavy (non-hydrogen) atoms. The molecule has 2 rings (SSSR count). The van der Waals surface area contributed by atoms with E-state index in [4.69, 9.17) is 0 Å². The highest BCUT2D eigenvalue weighted by Crippen LogP contribution is 2.26. The quantitative estimate of drug-likeness (QED) is 0.776. The van der Waals surface area contributed by atoms with E-state index in [2.05, 4.69) is 17.1 Å². The van der Waals surface area contributed by atoms with Crippen LogP contribution in [0.25, 0.3) is 0 Å². The molecule has 2 amide bonds. The number of likely N-dealkylation sites (tertiary alicyclic amines) is 1. The summed E-state index contributed by atoms with van der Waals surface area (Å²) in [5.74, 6) is -0.537. The highest BCUT2D eigenvalue weighted by Gasteiger charge is 2.34. The van der Waals surface area contributed by atoms with Crippen molar-refractivity contribution in [3.8, 4) is 0 Å². The van der Waals surface area contributed by atoms with Crippen LogP contribution in [-0.4, -0.2) is 65.2 Å². The van der Waals surface area contributed by atoms with Crippen molar-refractivity contribution in [2.75, 3.05) is 26.2 Å². The molecule has 2 N–H and O–H groups in total. The summed E-state index contributed by atoms with van der Waals surface area (Å²) in [6, 6.07) is -0.227. The topological polar surface area (TPSA) is 72.9 Å². The van der Waals surface area contributed by atoms with Crippen molar-refractivity contribution < 1.29 is 14.7 Å². The van der Waals surface area contributed by atoms with Crippen molar-refractivity contribution in [3.05, 3.63) is 0 Å². The van der Waals surface area contributed by atoms with E-state index in [1.54, 1.807) is 0 Å². The van der Waals surface area contributed by atoms with Crippen molar-refractivity contribution in [1.29, 1.82) is 0 Å². The lowest BCUT2D eigenvalue weighted by atomic mass is 9.93. The van der Waals surface area contributed by atoms with Crippen LogP contribution in [0.2, 0.25) is 0 Å². The van der Waals surface area contributed by atoms with Crippen LogP contribution >= 0.6 is 0 Å². The van der Waals surface area contributed by atoms with Crippen LogP contribution in [0.5, 0.6) is 0 Å². The fourth-order valence-corrected chi connectivity index (χ4v) is 3.07. The lowest BCUT2D eigenvalue weighted by Gasteiger charge is -2.36. The molecule has 2 fully saturated rings. The number of carboxylic acids is 1. The highest BCUT2D eigenvalue weighted by atomic mass is 16.4. The van der Waals surface area contributed by atoms with Gasteiger partial charge in [-0.25, -0.2) is 9.59 Å². The number of hydrogen-bond donors (Lipinski definition) is 2. The smallest absolute Gasteiger partial charge is 0.326 e. The lowest BCUT2D eigenvalue weighted by molar-refractivity contribution is -0.143. The summed E-state index contributed by atoms with van der Waals surface area (Å²) in [7, 11) is 0. The Morgan fingerprint density at radius 2 is 2.05 bits per heavy atom. The first-order valence-corrected chi connectivity index (χ1v) is 8.04. The van der Waals surface area contributed by atoms with Crippen molar-refractivity contribution in [3.63, 3.8) is 0 Å². The maximum Gasteiger partial charge on any atom is 0.326 e. The molecule has 1 heterocycles. The number of likely N-dealkylation sites (N-methyl/N-ethyl adjacent to an activating group) is 1. The molecule has 1 aliphatic heterocycles. The fraction of sp³-hybridized carbons (Fsp3) is 0.867. The molecular formula is C15H27N3O3. The molecule has 2 atom stereocenters. The number of carboxylic acid groups (broad SMARTS) is 1. The average molecular weight is 297 g/mol. The summed E-state index contributed by atoms with van der Waals surface area (Å²) >= 11 is 0. The molecule has 2 unspecified atom stereocenters. The molecule has 2 aliphatic rings. The zero-order valence-corrected chi connectivity index (χ0v) is 13.0. The molecule has 6 heteroatoms. The predicted molar refractivity (Wildman–Crippen MR) is 80.2 cm³/mol. The summed E-state index contributed by atoms with van der Waals surface area (Å²) < 4.78 is 0. The predicted octanol–water partition coefficient (Wildman–Crippen LogP) is 1.37. The maximum atomic E-state index is 12.2. The Balaban J connectivity index is 1.79. The largest absolute Gasteiger partial charge is 0.480 e. The molecule has 1 aliphatic carbocycles. The molecular weight excluding hydrogens is 270 g/mol. The average Bonchev–Trinajstić information content (AvgIpc) is 3.27. The molecule has 0 aromatic rings. The van der Waals surface area contributed by atoms with Crippen molar-refractivity contribution >= 4 is 12.0 Å². The molecule has 0 spiro atoms. The summed E-state index contributed by atoms with van der Waals surface area (Å²) in [5, 5.41) is 12.2. The number of nitrogens with one attached hydrogen (secondary N) is 1. The van der Waals surface area contributed by atoms with Crippen LogP contribution in [0.3, 0.4) is 0 Å². The number of aliphatic carboxylic acids is 1. The van der Waals surface area contributed by atoms with Crippen molar-refractivity contribution in [2.45, 2.75) is 51.6 Å². The van der Waals surface area contributed by atoms with Gasteiger partial charge in [0.1, 0.15) is 6.04 Å². The van der Waals surface area contributed by atoms with Gasteiger partial charge in [-0.05, 0) is 38.1 Å². The Bertz CT molecular complexity index is 384. The minimum Gasteiger partial charge on any atom is -0.480 e. The van der Waals surface area contributed by atoms with E-state index in [1.807, 2.05) is 6.92 Å². The number of carbonyl (C=O) groups is 2. The molecule has 1 saturated heterocycles. The van der Waals surface area contributed by atoms with Crippen molar-refractivity contribution in [1.82, 2.24) is 15.1 Å². The minimum absolute atomic E-state index is 0.235. The number of hydrogen-bond acceptors (Lipinski definition) is 3. The molecule has 0 aromatic heterocycles. The molecule has 1 saturated carbocycles. The van der Waals surface area contributed by atoms with Gasteiger partial charge in [0.25, 0.3) is 0 Å². The number of nitrogens with zero attached hydrogens (tertiary/aromatic N) is 2. The first-order chi connectivity index (χ1) is 10.0. The van der Waals surface area contributed by atoms with E-state index >= 15 is 0 Å². The van der Waals surface area contributed by atoms with Gasteiger partial charge in [0.15, 0.2) is 0 Å². The first kappa shape index (κ1) is 16.1. The second-order valence-electron chi connectivity index (χ2n) is 6.27. The third-order valence-corrected chi connectivity index (χ3v) is 4.56. The van der Waals surface area contributed by atoms with Gasteiger partial charge < -0.3 is 15.3 Å². The molecule has 0 aromatic carbocycles. The molecule has 0 radical (unpaired) electrons.